The van der Waals surface area contributed by atoms with Crippen molar-refractivity contribution in [2.24, 2.45) is 5.92 Å². The number of carbonyl (C=O) groups is 1. The highest BCUT2D eigenvalue weighted by Gasteiger charge is 2.18. The van der Waals surface area contributed by atoms with Gasteiger partial charge in [0.2, 0.25) is 5.91 Å². The molecule has 2 aromatic heterocycles. The number of nitrogens with one attached hydrogen (secondary N) is 1. The minimum Gasteiger partial charge on any atom is -0.355 e. The highest BCUT2D eigenvalue weighted by atomic mass is 16.2. The fraction of sp³-hybridized carbons (Fsp3) is 0.444. The van der Waals surface area contributed by atoms with Crippen LogP contribution >= 0.6 is 0 Å². The molecule has 3 rings (SSSR count). The summed E-state index contributed by atoms with van der Waals surface area (Å²) in [5.41, 5.74) is 0.688. The molecular formula is C18H23N5O2. The van der Waals surface area contributed by atoms with Gasteiger partial charge in [-0.05, 0) is 42.5 Å². The van der Waals surface area contributed by atoms with E-state index in [1.807, 2.05) is 12.1 Å². The fourth-order valence-electron chi connectivity index (χ4n) is 2.85. The van der Waals surface area contributed by atoms with Gasteiger partial charge in [-0.2, -0.15) is 5.10 Å². The number of aromatic nitrogens is 3. The summed E-state index contributed by atoms with van der Waals surface area (Å²) in [6.07, 6.45) is 5.59. The first-order chi connectivity index (χ1) is 12.1. The SMILES string of the molecule is CC1CCN(c2ccc(=O)n(CC(=O)NCc3ccncc3)n2)CC1. The van der Waals surface area contributed by atoms with E-state index in [9.17, 15) is 9.59 Å². The Balaban J connectivity index is 1.62. The van der Waals surface area contributed by atoms with Crippen molar-refractivity contribution >= 4 is 11.7 Å². The van der Waals surface area contributed by atoms with E-state index in [1.165, 1.54) is 10.7 Å². The summed E-state index contributed by atoms with van der Waals surface area (Å²) in [5, 5.41) is 7.17. The van der Waals surface area contributed by atoms with Crippen LogP contribution in [0.25, 0.3) is 0 Å². The van der Waals surface area contributed by atoms with E-state index in [2.05, 4.69) is 27.2 Å². The van der Waals surface area contributed by atoms with Gasteiger partial charge in [0, 0.05) is 38.1 Å². The number of carbonyl (C=O) groups excluding carboxylic acids is 1. The predicted octanol–water partition coefficient (Wildman–Crippen LogP) is 1.19. The van der Waals surface area contributed by atoms with E-state index in [-0.39, 0.29) is 18.0 Å². The summed E-state index contributed by atoms with van der Waals surface area (Å²) < 4.78 is 1.23. The van der Waals surface area contributed by atoms with Gasteiger partial charge in [0.15, 0.2) is 0 Å². The first kappa shape index (κ1) is 17.1. The van der Waals surface area contributed by atoms with E-state index in [0.29, 0.717) is 6.54 Å². The molecular weight excluding hydrogens is 318 g/mol. The molecule has 0 aromatic carbocycles. The lowest BCUT2D eigenvalue weighted by Gasteiger charge is -2.31. The normalized spacial score (nSPS) is 15.2. The summed E-state index contributed by atoms with van der Waals surface area (Å²) in [7, 11) is 0. The first-order valence-electron chi connectivity index (χ1n) is 8.60. The van der Waals surface area contributed by atoms with Crippen molar-refractivity contribution in [2.75, 3.05) is 18.0 Å². The number of amides is 1. The molecule has 1 aliphatic rings. The summed E-state index contributed by atoms with van der Waals surface area (Å²) >= 11 is 0. The molecule has 0 saturated carbocycles. The lowest BCUT2D eigenvalue weighted by molar-refractivity contribution is -0.122. The quantitative estimate of drug-likeness (QED) is 0.884. The molecule has 1 aliphatic heterocycles. The average Bonchev–Trinajstić information content (AvgIpc) is 2.63. The minimum absolute atomic E-state index is 0.0813. The maximum Gasteiger partial charge on any atom is 0.267 e. The molecule has 1 N–H and O–H groups in total. The summed E-state index contributed by atoms with van der Waals surface area (Å²) in [6, 6.07) is 6.89. The van der Waals surface area contributed by atoms with Gasteiger partial charge in [-0.3, -0.25) is 14.6 Å². The third-order valence-electron chi connectivity index (χ3n) is 4.49. The van der Waals surface area contributed by atoms with E-state index >= 15 is 0 Å². The van der Waals surface area contributed by atoms with Crippen LogP contribution in [-0.2, 0) is 17.9 Å². The zero-order valence-corrected chi connectivity index (χ0v) is 14.4. The van der Waals surface area contributed by atoms with Gasteiger partial charge >= 0.3 is 0 Å². The Kier molecular flexibility index (Phi) is 5.42. The summed E-state index contributed by atoms with van der Waals surface area (Å²) in [5.74, 6) is 1.24. The fourth-order valence-corrected chi connectivity index (χ4v) is 2.85. The summed E-state index contributed by atoms with van der Waals surface area (Å²) in [4.78, 5) is 30.2. The highest BCUT2D eigenvalue weighted by Crippen LogP contribution is 2.20. The largest absolute Gasteiger partial charge is 0.355 e. The average molecular weight is 341 g/mol. The molecule has 132 valence electrons. The maximum absolute atomic E-state index is 12.1. The van der Waals surface area contributed by atoms with Crippen LogP contribution in [0.5, 0.6) is 0 Å². The van der Waals surface area contributed by atoms with Gasteiger partial charge in [0.25, 0.3) is 5.56 Å². The second-order valence-electron chi connectivity index (χ2n) is 6.49. The molecule has 25 heavy (non-hydrogen) atoms. The van der Waals surface area contributed by atoms with Gasteiger partial charge in [0.05, 0.1) is 0 Å². The predicted molar refractivity (Wildman–Crippen MR) is 95.2 cm³/mol. The number of piperidine rings is 1. The molecule has 0 aliphatic carbocycles. The van der Waals surface area contributed by atoms with E-state index in [4.69, 9.17) is 0 Å². The molecule has 0 spiro atoms. The number of anilines is 1. The Hall–Kier alpha value is -2.70. The lowest BCUT2D eigenvalue weighted by atomic mass is 9.99. The first-order valence-corrected chi connectivity index (χ1v) is 8.60. The zero-order valence-electron chi connectivity index (χ0n) is 14.4. The second kappa shape index (κ2) is 7.92. The van der Waals surface area contributed by atoms with Crippen LogP contribution in [-0.4, -0.2) is 33.8 Å². The van der Waals surface area contributed by atoms with E-state index in [0.717, 1.165) is 43.2 Å². The molecule has 1 amide bonds. The van der Waals surface area contributed by atoms with Gasteiger partial charge in [-0.15, -0.1) is 0 Å². The van der Waals surface area contributed by atoms with Crippen LogP contribution in [0.15, 0.2) is 41.5 Å². The van der Waals surface area contributed by atoms with Crippen molar-refractivity contribution in [3.05, 3.63) is 52.6 Å². The number of hydrogen-bond donors (Lipinski definition) is 1. The third-order valence-corrected chi connectivity index (χ3v) is 4.49. The Morgan fingerprint density at radius 1 is 1.20 bits per heavy atom. The minimum atomic E-state index is -0.270. The van der Waals surface area contributed by atoms with Crippen LogP contribution in [0.4, 0.5) is 5.82 Å². The van der Waals surface area contributed by atoms with Crippen LogP contribution in [0.2, 0.25) is 0 Å². The zero-order chi connectivity index (χ0) is 17.6. The Labute approximate surface area is 146 Å². The number of rotatable bonds is 5. The Morgan fingerprint density at radius 2 is 1.92 bits per heavy atom. The van der Waals surface area contributed by atoms with Gasteiger partial charge < -0.3 is 10.2 Å². The highest BCUT2D eigenvalue weighted by molar-refractivity contribution is 5.75. The molecule has 0 bridgehead atoms. The Morgan fingerprint density at radius 3 is 2.64 bits per heavy atom. The number of nitrogens with zero attached hydrogens (tertiary/aromatic N) is 4. The molecule has 0 radical (unpaired) electrons. The molecule has 1 fully saturated rings. The van der Waals surface area contributed by atoms with Crippen molar-refractivity contribution in [3.8, 4) is 0 Å². The van der Waals surface area contributed by atoms with Crippen molar-refractivity contribution in [2.45, 2.75) is 32.9 Å². The Bertz CT molecular complexity index is 767. The van der Waals surface area contributed by atoms with Crippen LogP contribution in [0.1, 0.15) is 25.3 Å². The number of pyridine rings is 1. The summed E-state index contributed by atoms with van der Waals surface area (Å²) in [6.45, 7) is 4.43. The molecule has 7 heteroatoms. The molecule has 0 unspecified atom stereocenters. The maximum atomic E-state index is 12.1. The molecule has 0 atom stereocenters. The van der Waals surface area contributed by atoms with E-state index in [1.54, 1.807) is 18.5 Å². The smallest absolute Gasteiger partial charge is 0.267 e. The van der Waals surface area contributed by atoms with Gasteiger partial charge in [-0.25, -0.2) is 4.68 Å². The van der Waals surface area contributed by atoms with Crippen LogP contribution in [0.3, 0.4) is 0 Å². The third kappa shape index (κ3) is 4.65. The number of hydrogen-bond acceptors (Lipinski definition) is 5. The van der Waals surface area contributed by atoms with Gasteiger partial charge in [0.1, 0.15) is 12.4 Å². The van der Waals surface area contributed by atoms with Crippen molar-refractivity contribution < 1.29 is 4.79 Å². The standard InChI is InChI=1S/C18H23N5O2/c1-14-6-10-22(11-7-14)16-2-3-18(25)23(21-16)13-17(24)20-12-15-4-8-19-9-5-15/h2-5,8-9,14H,6-7,10-13H2,1H3,(H,20,24). The molecule has 3 heterocycles. The second-order valence-corrected chi connectivity index (χ2v) is 6.49. The van der Waals surface area contributed by atoms with Crippen molar-refractivity contribution in [1.82, 2.24) is 20.1 Å². The monoisotopic (exact) mass is 341 g/mol. The topological polar surface area (TPSA) is 80.1 Å². The molecule has 2 aromatic rings. The van der Waals surface area contributed by atoms with Crippen LogP contribution in [0, 0.1) is 5.92 Å². The van der Waals surface area contributed by atoms with Gasteiger partial charge in [-0.1, -0.05) is 6.92 Å². The van der Waals surface area contributed by atoms with Crippen molar-refractivity contribution in [3.63, 3.8) is 0 Å². The molecule has 7 nitrogen and oxygen atoms in total. The lowest BCUT2D eigenvalue weighted by Crippen LogP contribution is -2.37. The molecule has 1 saturated heterocycles. The van der Waals surface area contributed by atoms with Crippen LogP contribution < -0.4 is 15.8 Å². The van der Waals surface area contributed by atoms with Crippen molar-refractivity contribution in [1.29, 1.82) is 0 Å². The van der Waals surface area contributed by atoms with E-state index < -0.39 is 0 Å².